The van der Waals surface area contributed by atoms with Crippen molar-refractivity contribution in [3.8, 4) is 11.5 Å². The van der Waals surface area contributed by atoms with Crippen LogP contribution in [0.1, 0.15) is 23.1 Å². The molecule has 1 aliphatic carbocycles. The molecule has 5 nitrogen and oxygen atoms in total. The fraction of sp³-hybridized carbons (Fsp3) is 0.115. The number of ether oxygens (including phenoxy) is 1. The Morgan fingerprint density at radius 1 is 0.875 bits per heavy atom. The van der Waals surface area contributed by atoms with Gasteiger partial charge in [-0.3, -0.25) is 19.8 Å². The monoisotopic (exact) mass is 440 g/mol. The maximum atomic E-state index is 13.2. The molecule has 1 N–H and O–H groups in total. The largest absolute Gasteiger partial charge is 0.457 e. The summed E-state index contributed by atoms with van der Waals surface area (Å²) in [5, 5.41) is 2.69. The van der Waals surface area contributed by atoms with Gasteiger partial charge in [0.2, 0.25) is 0 Å². The molecule has 0 saturated carbocycles. The molecular weight excluding hydrogens is 420 g/mol. The highest BCUT2D eigenvalue weighted by molar-refractivity contribution is 7.80. The normalized spacial score (nSPS) is 16.8. The van der Waals surface area contributed by atoms with E-state index in [1.54, 1.807) is 30.3 Å². The van der Waals surface area contributed by atoms with Gasteiger partial charge in [0.15, 0.2) is 5.11 Å². The number of amides is 2. The summed E-state index contributed by atoms with van der Waals surface area (Å²) in [5.74, 6) is 0.418. The fourth-order valence-electron chi connectivity index (χ4n) is 4.03. The topological polar surface area (TPSA) is 58.6 Å². The first-order valence-corrected chi connectivity index (χ1v) is 10.9. The first-order chi connectivity index (χ1) is 15.6. The Morgan fingerprint density at radius 3 is 2.38 bits per heavy atom. The molecule has 1 heterocycles. The van der Waals surface area contributed by atoms with Crippen molar-refractivity contribution in [1.82, 2.24) is 5.32 Å². The van der Waals surface area contributed by atoms with Crippen molar-refractivity contribution in [2.45, 2.75) is 19.3 Å². The van der Waals surface area contributed by atoms with Gasteiger partial charge in [0, 0.05) is 0 Å². The van der Waals surface area contributed by atoms with Gasteiger partial charge in [-0.05, 0) is 90.6 Å². The lowest BCUT2D eigenvalue weighted by atomic mass is 10.0. The highest BCUT2D eigenvalue weighted by atomic mass is 32.1. The number of carbonyl (C=O) groups excluding carboxylic acids is 2. The maximum absolute atomic E-state index is 13.2. The molecule has 0 aromatic heterocycles. The van der Waals surface area contributed by atoms with Gasteiger partial charge in [-0.15, -0.1) is 0 Å². The van der Waals surface area contributed by atoms with E-state index in [1.807, 2.05) is 36.4 Å². The molecule has 2 amide bonds. The molecule has 2 aliphatic rings. The van der Waals surface area contributed by atoms with Crippen LogP contribution in [0.15, 0.2) is 78.4 Å². The van der Waals surface area contributed by atoms with Crippen molar-refractivity contribution in [2.75, 3.05) is 4.90 Å². The van der Waals surface area contributed by atoms with Crippen molar-refractivity contribution >= 4 is 40.9 Å². The van der Waals surface area contributed by atoms with E-state index in [1.165, 1.54) is 16.0 Å². The fourth-order valence-corrected chi connectivity index (χ4v) is 4.31. The van der Waals surface area contributed by atoms with E-state index >= 15 is 0 Å². The van der Waals surface area contributed by atoms with Crippen LogP contribution < -0.4 is 15.0 Å². The van der Waals surface area contributed by atoms with Crippen LogP contribution in [-0.2, 0) is 22.4 Å². The van der Waals surface area contributed by atoms with Gasteiger partial charge in [0.1, 0.15) is 17.1 Å². The molecule has 0 bridgehead atoms. The predicted octanol–water partition coefficient (Wildman–Crippen LogP) is 4.80. The Kier molecular flexibility index (Phi) is 5.29. The number of nitrogens with zero attached hydrogens (tertiary/aromatic N) is 1. The van der Waals surface area contributed by atoms with Crippen LogP contribution in [0.5, 0.6) is 11.5 Å². The van der Waals surface area contributed by atoms with Crippen LogP contribution >= 0.6 is 12.2 Å². The number of anilines is 1. The van der Waals surface area contributed by atoms with Crippen LogP contribution in [0.2, 0.25) is 0 Å². The highest BCUT2D eigenvalue weighted by Gasteiger charge is 2.34. The van der Waals surface area contributed by atoms with E-state index in [4.69, 9.17) is 17.0 Å². The standard InChI is InChI=1S/C26H20N2O3S/c29-24-23(16-17-9-10-18-5-4-6-19(18)15-17)25(30)28(26(32)27-24)20-11-13-22(14-12-20)31-21-7-2-1-3-8-21/h1-3,7-16H,4-6H2,(H,27,29,32). The average molecular weight is 441 g/mol. The van der Waals surface area contributed by atoms with E-state index in [2.05, 4.69) is 17.4 Å². The average Bonchev–Trinajstić information content (AvgIpc) is 3.26. The van der Waals surface area contributed by atoms with Gasteiger partial charge < -0.3 is 4.74 Å². The first kappa shape index (κ1) is 20.2. The molecule has 5 rings (SSSR count). The summed E-state index contributed by atoms with van der Waals surface area (Å²) in [5.41, 5.74) is 4.07. The molecule has 32 heavy (non-hydrogen) atoms. The van der Waals surface area contributed by atoms with Gasteiger partial charge in [-0.1, -0.05) is 36.4 Å². The highest BCUT2D eigenvalue weighted by Crippen LogP contribution is 2.28. The minimum absolute atomic E-state index is 0.0566. The predicted molar refractivity (Wildman–Crippen MR) is 128 cm³/mol. The van der Waals surface area contributed by atoms with Crippen molar-refractivity contribution in [3.05, 3.63) is 95.1 Å². The molecule has 3 aromatic rings. The molecule has 0 radical (unpaired) electrons. The van der Waals surface area contributed by atoms with E-state index in [-0.39, 0.29) is 10.7 Å². The van der Waals surface area contributed by atoms with E-state index in [0.29, 0.717) is 11.4 Å². The zero-order valence-electron chi connectivity index (χ0n) is 17.2. The summed E-state index contributed by atoms with van der Waals surface area (Å²) in [6.07, 6.45) is 4.89. The van der Waals surface area contributed by atoms with E-state index in [9.17, 15) is 9.59 Å². The molecule has 0 spiro atoms. The zero-order chi connectivity index (χ0) is 22.1. The number of thiocarbonyl (C=S) groups is 1. The molecule has 3 aromatic carbocycles. The van der Waals surface area contributed by atoms with E-state index in [0.717, 1.165) is 30.6 Å². The number of rotatable bonds is 4. The van der Waals surface area contributed by atoms with Crippen molar-refractivity contribution in [3.63, 3.8) is 0 Å². The van der Waals surface area contributed by atoms with Crippen molar-refractivity contribution < 1.29 is 14.3 Å². The lowest BCUT2D eigenvalue weighted by Gasteiger charge is -2.29. The van der Waals surface area contributed by atoms with Crippen molar-refractivity contribution in [1.29, 1.82) is 0 Å². The quantitative estimate of drug-likeness (QED) is 0.360. The molecule has 6 heteroatoms. The summed E-state index contributed by atoms with van der Waals surface area (Å²) in [7, 11) is 0. The lowest BCUT2D eigenvalue weighted by molar-refractivity contribution is -0.122. The van der Waals surface area contributed by atoms with Gasteiger partial charge >= 0.3 is 0 Å². The molecule has 1 saturated heterocycles. The van der Waals surface area contributed by atoms with Gasteiger partial charge in [-0.25, -0.2) is 0 Å². The summed E-state index contributed by atoms with van der Waals surface area (Å²) in [6, 6.07) is 22.5. The third kappa shape index (κ3) is 3.92. The van der Waals surface area contributed by atoms with E-state index < -0.39 is 11.8 Å². The molecule has 0 atom stereocenters. The Morgan fingerprint density at radius 2 is 1.59 bits per heavy atom. The number of fused-ring (bicyclic) bond motifs is 1. The summed E-state index contributed by atoms with van der Waals surface area (Å²) in [6.45, 7) is 0. The minimum atomic E-state index is -0.485. The third-order valence-corrected chi connectivity index (χ3v) is 5.89. The SMILES string of the molecule is O=C1NC(=S)N(c2ccc(Oc3ccccc3)cc2)C(=O)C1=Cc1ccc2c(c1)CCC2. The minimum Gasteiger partial charge on any atom is -0.457 e. The van der Waals surface area contributed by atoms with Gasteiger partial charge in [-0.2, -0.15) is 0 Å². The number of benzene rings is 3. The molecule has 1 aliphatic heterocycles. The second-order valence-corrected chi connectivity index (χ2v) is 8.14. The third-order valence-electron chi connectivity index (χ3n) is 5.61. The Labute approximate surface area is 191 Å². The second-order valence-electron chi connectivity index (χ2n) is 7.75. The number of para-hydroxylation sites is 1. The van der Waals surface area contributed by atoms with Crippen LogP contribution in [0.4, 0.5) is 5.69 Å². The smallest absolute Gasteiger partial charge is 0.270 e. The Balaban J connectivity index is 1.41. The number of hydrogen-bond acceptors (Lipinski definition) is 4. The molecule has 1 fully saturated rings. The number of carbonyl (C=O) groups is 2. The zero-order valence-corrected chi connectivity index (χ0v) is 18.0. The number of aryl methyl sites for hydroxylation is 2. The van der Waals surface area contributed by atoms with Crippen LogP contribution in [-0.4, -0.2) is 16.9 Å². The summed E-state index contributed by atoms with van der Waals surface area (Å²) < 4.78 is 5.81. The molecule has 158 valence electrons. The number of hydrogen-bond donors (Lipinski definition) is 1. The van der Waals surface area contributed by atoms with Crippen LogP contribution in [0.25, 0.3) is 6.08 Å². The Bertz CT molecular complexity index is 1250. The maximum Gasteiger partial charge on any atom is 0.270 e. The number of nitrogens with one attached hydrogen (secondary N) is 1. The summed E-state index contributed by atoms with van der Waals surface area (Å²) >= 11 is 5.30. The summed E-state index contributed by atoms with van der Waals surface area (Å²) in [4.78, 5) is 27.1. The molecule has 0 unspecified atom stereocenters. The lowest BCUT2D eigenvalue weighted by Crippen LogP contribution is -2.54. The second kappa shape index (κ2) is 8.40. The van der Waals surface area contributed by atoms with Gasteiger partial charge in [0.05, 0.1) is 5.69 Å². The Hall–Kier alpha value is -3.77. The van der Waals surface area contributed by atoms with Crippen LogP contribution in [0.3, 0.4) is 0 Å². The van der Waals surface area contributed by atoms with Crippen LogP contribution in [0, 0.1) is 0 Å². The molecular formula is C26H20N2O3S. The van der Waals surface area contributed by atoms with Gasteiger partial charge in [0.25, 0.3) is 11.8 Å². The van der Waals surface area contributed by atoms with Crippen molar-refractivity contribution in [2.24, 2.45) is 0 Å². The first-order valence-electron chi connectivity index (χ1n) is 10.4.